The summed E-state index contributed by atoms with van der Waals surface area (Å²) in [6.45, 7) is 3.23. The fourth-order valence-electron chi connectivity index (χ4n) is 11.2. The molecule has 0 bridgehead atoms. The summed E-state index contributed by atoms with van der Waals surface area (Å²) in [7, 11) is 0. The molecule has 1 aliphatic carbocycles. The summed E-state index contributed by atoms with van der Waals surface area (Å²) in [5, 5.41) is 32.9. The highest BCUT2D eigenvalue weighted by Crippen LogP contribution is 2.20. The van der Waals surface area contributed by atoms with E-state index in [-0.39, 0.29) is 1.43 Å². The monoisotopic (exact) mass is 1840 g/mol. The maximum Gasteiger partial charge on any atom is 0.181 e. The van der Waals surface area contributed by atoms with Gasteiger partial charge in [-0.05, 0) is 150 Å². The topological polar surface area (TPSA) is 324 Å². The van der Waals surface area contributed by atoms with Crippen molar-refractivity contribution in [2.45, 2.75) is 57.8 Å². The van der Waals surface area contributed by atoms with Crippen LogP contribution >= 0.6 is 35.3 Å². The van der Waals surface area contributed by atoms with Crippen LogP contribution in [0.4, 0.5) is 0 Å². The van der Waals surface area contributed by atoms with Crippen LogP contribution in [0, 0.1) is 0 Å². The van der Waals surface area contributed by atoms with Crippen LogP contribution in [0.15, 0.2) is 435 Å². The zero-order valence-corrected chi connectivity index (χ0v) is 76.9. The molecule has 3 aliphatic heterocycles. The van der Waals surface area contributed by atoms with Gasteiger partial charge in [-0.2, -0.15) is 54.1 Å². The molecule has 0 amide bonds. The number of nitrogens with zero attached hydrogens (tertiary/aromatic N) is 23. The Hall–Kier alpha value is -15.0. The van der Waals surface area contributed by atoms with Gasteiger partial charge >= 0.3 is 0 Å². The Morgan fingerprint density at radius 1 is 0.201 bits per heavy atom. The van der Waals surface area contributed by atoms with Gasteiger partial charge in [0.25, 0.3) is 0 Å². The van der Waals surface area contributed by atoms with E-state index in [0.717, 1.165) is 97.9 Å². The molecular formula is C105H109N23O3S3. The van der Waals surface area contributed by atoms with E-state index in [1.807, 2.05) is 273 Å². The SMILES string of the molecule is C1CCCCC1.C1COCOC1.C1COCSC1.C1CSCSC1.[HH].c1ccc2cnccc2c1.c1ccc2cnncc2c1.c1ccc2ncccc2c1.c1ccc2nccnc2c1.c1ccc2ncncc2c1.c1ccc2nnccc2c1.c1ccccc1.c1ccncc1.c1ccnnc1.c1cnc2ncccc2c1.c1cnc2ncncc2n1.c1cnccn1.c1cncnc1. The summed E-state index contributed by atoms with van der Waals surface area (Å²) in [5.41, 5.74) is 7.08. The normalized spacial score (nSPS) is 12.1. The average molecular weight is 1840 g/mol. The fourth-order valence-corrected chi connectivity index (χ4v) is 14.2. The summed E-state index contributed by atoms with van der Waals surface area (Å²) in [5.74, 6) is 5.00. The minimum atomic E-state index is 0. The molecule has 4 aliphatic rings. The second-order valence-corrected chi connectivity index (χ2v) is 31.1. The molecule has 0 atom stereocenters. The Balaban J connectivity index is 0.000000177. The smallest absolute Gasteiger partial charge is 0.181 e. The first kappa shape index (κ1) is 103. The number of pyridine rings is 5. The van der Waals surface area contributed by atoms with E-state index >= 15 is 0 Å². The molecule has 17 heterocycles. The molecule has 7 aromatic carbocycles. The van der Waals surface area contributed by atoms with Crippen LogP contribution in [0.1, 0.15) is 59.2 Å². The van der Waals surface area contributed by atoms with E-state index in [4.69, 9.17) is 14.2 Å². The molecule has 0 N–H and O–H groups in total. The Morgan fingerprint density at radius 3 is 1.04 bits per heavy atom. The van der Waals surface area contributed by atoms with Crippen LogP contribution in [-0.4, -0.2) is 170 Å². The highest BCUT2D eigenvalue weighted by molar-refractivity contribution is 8.16. The molecule has 1 saturated carbocycles. The van der Waals surface area contributed by atoms with Crippen molar-refractivity contribution < 1.29 is 15.6 Å². The molecule has 14 aromatic heterocycles. The number of rotatable bonds is 0. The second kappa shape index (κ2) is 70.9. The first-order chi connectivity index (χ1) is 66.7. The quantitative estimate of drug-likeness (QED) is 0.136. The molecule has 0 spiro atoms. The van der Waals surface area contributed by atoms with Crippen LogP contribution in [0.25, 0.3) is 87.5 Å². The molecule has 134 heavy (non-hydrogen) atoms. The van der Waals surface area contributed by atoms with Gasteiger partial charge in [0.1, 0.15) is 31.3 Å². The van der Waals surface area contributed by atoms with Gasteiger partial charge in [0, 0.05) is 169 Å². The standard InChI is InChI=1S/2C9H7N.5C8H6N2.C6H4N4.C6H12.C6H6.C5H5N.3C4H4N2.C4H8O2.C4H8OS.C4H8S2.H2/c1-2-6-9-8(4-1)5-3-7-10-9;1-2-4-9-7-10-6-5-8(9)3-1;1-3-7-4-2-6-10-8(7)9-5-1;1-2-4-8-7(3-1)5-9-6-10-8;1-2-4-8-6-10-9-5-7(8)3-1;1-2-4-8-7(3-1)9-5-6-10-8;1-2-4-8-7(3-1)5-6-9-10-8;1-2-9-6-5(8-1)3-7-4-10-6;3*1-2-4-6-5-3-1;1-2-6-4-3-5-1;1-2-5-4-6-3-1;1-2-4-6-5-3-1;3*1-2-5-4-6-3-1;/h2*1-7H;5*1-6H;1-4H;1-6H2;1-6H;1-5H;3*1-4H;3*1-4H2;1H. The van der Waals surface area contributed by atoms with Crippen LogP contribution in [0.5, 0.6) is 0 Å². The molecular weight excluding hydrogens is 1730 g/mol. The highest BCUT2D eigenvalue weighted by Gasteiger charge is 2.00. The van der Waals surface area contributed by atoms with Gasteiger partial charge in [-0.1, -0.05) is 202 Å². The van der Waals surface area contributed by atoms with Crippen LogP contribution < -0.4 is 0 Å². The van der Waals surface area contributed by atoms with Crippen molar-refractivity contribution >= 4 is 123 Å². The lowest BCUT2D eigenvalue weighted by atomic mass is 10.0. The van der Waals surface area contributed by atoms with E-state index in [2.05, 4.69) is 163 Å². The van der Waals surface area contributed by atoms with Crippen molar-refractivity contribution in [3.05, 3.63) is 435 Å². The van der Waals surface area contributed by atoms with Crippen molar-refractivity contribution in [3.63, 3.8) is 0 Å². The van der Waals surface area contributed by atoms with E-state index in [9.17, 15) is 0 Å². The maximum absolute atomic E-state index is 5.03. The summed E-state index contributed by atoms with van der Waals surface area (Å²) in [6, 6.07) is 86.8. The molecule has 0 radical (unpaired) electrons. The molecule has 3 saturated heterocycles. The lowest BCUT2D eigenvalue weighted by Gasteiger charge is -2.09. The van der Waals surface area contributed by atoms with Gasteiger partial charge < -0.3 is 14.2 Å². The number of hydrogen-bond acceptors (Lipinski definition) is 29. The number of thioether (sulfide) groups is 3. The number of ether oxygens (including phenoxy) is 3. The molecule has 4 fully saturated rings. The average Bonchev–Trinajstić information content (AvgIpc) is 0.913. The maximum atomic E-state index is 5.03. The van der Waals surface area contributed by atoms with Crippen molar-refractivity contribution in [3.8, 4) is 0 Å². The number of para-hydroxylation sites is 4. The Bertz CT molecular complexity index is 4620. The summed E-state index contributed by atoms with van der Waals surface area (Å²) >= 11 is 5.99. The van der Waals surface area contributed by atoms with Gasteiger partial charge in [-0.15, -0.1) is 11.8 Å². The van der Waals surface area contributed by atoms with Crippen molar-refractivity contribution in [1.82, 2.24) is 115 Å². The lowest BCUT2D eigenvalue weighted by molar-refractivity contribution is -0.0963. The summed E-state index contributed by atoms with van der Waals surface area (Å²) < 4.78 is 14.7. The fraction of sp³-hybridized carbons (Fsp3) is 0.171. The molecule has 21 aromatic rings. The van der Waals surface area contributed by atoms with E-state index in [1.54, 1.807) is 136 Å². The molecule has 25 rings (SSSR count). The van der Waals surface area contributed by atoms with Gasteiger partial charge in [0.15, 0.2) is 11.3 Å². The molecule has 29 heteroatoms. The molecule has 680 valence electrons. The van der Waals surface area contributed by atoms with Crippen molar-refractivity contribution in [2.75, 3.05) is 54.9 Å². The summed E-state index contributed by atoms with van der Waals surface area (Å²) in [6.07, 6.45) is 58.2. The Labute approximate surface area is 795 Å². The van der Waals surface area contributed by atoms with Crippen LogP contribution in [0.2, 0.25) is 0 Å². The van der Waals surface area contributed by atoms with Crippen molar-refractivity contribution in [1.29, 1.82) is 0 Å². The van der Waals surface area contributed by atoms with Crippen LogP contribution in [0.3, 0.4) is 0 Å². The van der Waals surface area contributed by atoms with Crippen molar-refractivity contribution in [2.24, 2.45) is 0 Å². The third kappa shape index (κ3) is 47.0. The van der Waals surface area contributed by atoms with Gasteiger partial charge in [0.05, 0.1) is 71.5 Å². The third-order valence-electron chi connectivity index (χ3n) is 17.7. The zero-order chi connectivity index (χ0) is 92.7. The Kier molecular flexibility index (Phi) is 54.3. The first-order valence-electron chi connectivity index (χ1n) is 43.4. The van der Waals surface area contributed by atoms with Gasteiger partial charge in [-0.25, -0.2) is 49.8 Å². The predicted octanol–water partition coefficient (Wildman–Crippen LogP) is 23.1. The van der Waals surface area contributed by atoms with E-state index in [1.165, 1.54) is 103 Å². The molecule has 0 unspecified atom stereocenters. The number of hydrogen-bond donors (Lipinski definition) is 0. The minimum absolute atomic E-state index is 0. The largest absolute Gasteiger partial charge is 0.371 e. The molecule has 26 nitrogen and oxygen atoms in total. The first-order valence-corrected chi connectivity index (χ1v) is 46.9. The van der Waals surface area contributed by atoms with Gasteiger partial charge in [-0.3, -0.25) is 34.9 Å². The van der Waals surface area contributed by atoms with E-state index < -0.39 is 0 Å². The highest BCUT2D eigenvalue weighted by atomic mass is 32.2. The predicted molar refractivity (Wildman–Crippen MR) is 547 cm³/mol. The van der Waals surface area contributed by atoms with E-state index in [0.29, 0.717) is 12.4 Å². The zero-order valence-electron chi connectivity index (χ0n) is 74.5. The van der Waals surface area contributed by atoms with Crippen LogP contribution in [-0.2, 0) is 14.2 Å². The summed E-state index contributed by atoms with van der Waals surface area (Å²) in [4.78, 5) is 66.8. The number of fused-ring (bicyclic) bond motifs is 8. The Morgan fingerprint density at radius 2 is 0.619 bits per heavy atom. The number of aromatic nitrogens is 23. The number of benzene rings is 7. The lowest BCUT2D eigenvalue weighted by Crippen LogP contribution is -2.11. The van der Waals surface area contributed by atoms with Gasteiger partial charge in [0.2, 0.25) is 0 Å². The minimum Gasteiger partial charge on any atom is -0.371 e. The second-order valence-electron chi connectivity index (χ2n) is 27.5. The third-order valence-corrected chi connectivity index (χ3v) is 21.1.